The fourth-order valence-corrected chi connectivity index (χ4v) is 3.04. The van der Waals surface area contributed by atoms with E-state index < -0.39 is 17.8 Å². The second-order valence-corrected chi connectivity index (χ2v) is 7.13. The van der Waals surface area contributed by atoms with Gasteiger partial charge in [0.25, 0.3) is 5.91 Å². The molecule has 0 saturated heterocycles. The lowest BCUT2D eigenvalue weighted by Gasteiger charge is -2.16. The van der Waals surface area contributed by atoms with Crippen LogP contribution in [0.5, 0.6) is 11.5 Å². The van der Waals surface area contributed by atoms with Gasteiger partial charge < -0.3 is 20.1 Å². The molecule has 1 aromatic heterocycles. The molecule has 0 fully saturated rings. The number of carbonyl (C=O) groups excluding carboxylic acids is 1. The summed E-state index contributed by atoms with van der Waals surface area (Å²) in [7, 11) is 2.92. The Morgan fingerprint density at radius 1 is 1.00 bits per heavy atom. The lowest BCUT2D eigenvalue weighted by molar-refractivity contribution is -0.141. The summed E-state index contributed by atoms with van der Waals surface area (Å²) in [6.07, 6.45) is -4.68. The van der Waals surface area contributed by atoms with E-state index in [0.29, 0.717) is 33.5 Å². The molecule has 3 aromatic rings. The van der Waals surface area contributed by atoms with E-state index in [1.165, 1.54) is 26.4 Å². The number of alkyl halides is 3. The number of aryl methyl sites for hydroxylation is 1. The number of rotatable bonds is 6. The highest BCUT2D eigenvalue weighted by Crippen LogP contribution is 2.33. The minimum atomic E-state index is -4.68. The number of hydrogen-bond donors (Lipinski definition) is 2. The summed E-state index contributed by atoms with van der Waals surface area (Å²) in [5, 5.41) is 5.81. The van der Waals surface area contributed by atoms with Crippen molar-refractivity contribution in [1.29, 1.82) is 0 Å². The van der Waals surface area contributed by atoms with Gasteiger partial charge in [0.1, 0.15) is 11.5 Å². The third kappa shape index (κ3) is 5.23. The van der Waals surface area contributed by atoms with E-state index >= 15 is 0 Å². The largest absolute Gasteiger partial charge is 0.493 e. The molecule has 0 aliphatic carbocycles. The molecule has 1 amide bonds. The average Bonchev–Trinajstić information content (AvgIpc) is 2.75. The van der Waals surface area contributed by atoms with E-state index in [1.807, 2.05) is 0 Å². The van der Waals surface area contributed by atoms with Crippen LogP contribution in [0.3, 0.4) is 0 Å². The van der Waals surface area contributed by atoms with E-state index in [0.717, 1.165) is 12.1 Å². The van der Waals surface area contributed by atoms with Crippen LogP contribution < -0.4 is 20.1 Å². The van der Waals surface area contributed by atoms with Crippen LogP contribution in [0, 0.1) is 6.92 Å². The number of methoxy groups -OCH3 is 2. The number of ether oxygens (including phenoxy) is 2. The maximum Gasteiger partial charge on any atom is 0.433 e. The van der Waals surface area contributed by atoms with Gasteiger partial charge in [-0.15, -0.1) is 0 Å². The zero-order chi connectivity index (χ0) is 23.5. The first-order valence-corrected chi connectivity index (χ1v) is 9.65. The van der Waals surface area contributed by atoms with Crippen molar-refractivity contribution in [2.45, 2.75) is 13.1 Å². The number of nitrogens with one attached hydrogen (secondary N) is 2. The average molecular weight is 466 g/mol. The smallest absolute Gasteiger partial charge is 0.433 e. The number of hydrogen-bond acceptors (Lipinski definition) is 5. The molecule has 10 heteroatoms. The van der Waals surface area contributed by atoms with Gasteiger partial charge in [-0.2, -0.15) is 13.2 Å². The van der Waals surface area contributed by atoms with Gasteiger partial charge in [-0.25, -0.2) is 4.98 Å². The quantitative estimate of drug-likeness (QED) is 0.462. The standard InChI is InChI=1S/C22H19ClF3N3O3/c1-12-4-5-13(23)10-16(12)28-20-15(7-9-19(29-20)22(24,25)26)21(30)27-14-6-8-17(31-2)18(11-14)32-3/h4-11H,1-3H3,(H,27,30)(H,28,29). The van der Waals surface area contributed by atoms with Gasteiger partial charge in [0.2, 0.25) is 0 Å². The van der Waals surface area contributed by atoms with Crippen LogP contribution in [-0.4, -0.2) is 25.1 Å². The monoisotopic (exact) mass is 465 g/mol. The minimum Gasteiger partial charge on any atom is -0.493 e. The molecule has 2 N–H and O–H groups in total. The molecular formula is C22H19ClF3N3O3. The van der Waals surface area contributed by atoms with Crippen LogP contribution in [0.25, 0.3) is 0 Å². The number of benzene rings is 2. The van der Waals surface area contributed by atoms with Crippen molar-refractivity contribution < 1.29 is 27.4 Å². The topological polar surface area (TPSA) is 72.5 Å². The molecule has 0 aliphatic heterocycles. The third-order valence-electron chi connectivity index (χ3n) is 4.52. The predicted molar refractivity (Wildman–Crippen MR) is 116 cm³/mol. The molecule has 0 aliphatic rings. The predicted octanol–water partition coefficient (Wildman–Crippen LogP) is 6.08. The molecule has 2 aromatic carbocycles. The first-order valence-electron chi connectivity index (χ1n) is 9.27. The Hall–Kier alpha value is -3.46. The Kier molecular flexibility index (Phi) is 6.78. The van der Waals surface area contributed by atoms with Gasteiger partial charge in [0.05, 0.1) is 19.8 Å². The molecule has 0 atom stereocenters. The molecule has 0 unspecified atom stereocenters. The van der Waals surface area contributed by atoms with Crippen molar-refractivity contribution >= 4 is 34.7 Å². The molecule has 0 spiro atoms. The summed E-state index contributed by atoms with van der Waals surface area (Å²) in [6, 6.07) is 11.4. The van der Waals surface area contributed by atoms with Gasteiger partial charge in [0, 0.05) is 22.5 Å². The highest BCUT2D eigenvalue weighted by Gasteiger charge is 2.33. The zero-order valence-corrected chi connectivity index (χ0v) is 18.1. The Bertz CT molecular complexity index is 1150. The van der Waals surface area contributed by atoms with Gasteiger partial charge in [-0.3, -0.25) is 4.79 Å². The Morgan fingerprint density at radius 3 is 2.38 bits per heavy atom. The number of aromatic nitrogens is 1. The summed E-state index contributed by atoms with van der Waals surface area (Å²) < 4.78 is 50.1. The van der Waals surface area contributed by atoms with Crippen molar-refractivity contribution in [3.05, 3.63) is 70.4 Å². The van der Waals surface area contributed by atoms with Crippen molar-refractivity contribution in [2.75, 3.05) is 24.9 Å². The number of halogens is 4. The fraction of sp³-hybridized carbons (Fsp3) is 0.182. The Morgan fingerprint density at radius 2 is 1.72 bits per heavy atom. The Labute approximate surface area is 187 Å². The molecule has 0 bridgehead atoms. The maximum absolute atomic E-state index is 13.2. The summed E-state index contributed by atoms with van der Waals surface area (Å²) in [5.74, 6) is -0.0898. The summed E-state index contributed by atoms with van der Waals surface area (Å²) in [6.45, 7) is 1.75. The minimum absolute atomic E-state index is 0.0906. The van der Waals surface area contributed by atoms with Crippen LogP contribution in [0.2, 0.25) is 5.02 Å². The second-order valence-electron chi connectivity index (χ2n) is 6.70. The van der Waals surface area contributed by atoms with E-state index in [-0.39, 0.29) is 11.4 Å². The van der Waals surface area contributed by atoms with Crippen LogP contribution in [-0.2, 0) is 6.18 Å². The number of nitrogens with zero attached hydrogens (tertiary/aromatic N) is 1. The van der Waals surface area contributed by atoms with Crippen LogP contribution in [0.4, 0.5) is 30.4 Å². The molecule has 1 heterocycles. The number of pyridine rings is 1. The summed E-state index contributed by atoms with van der Waals surface area (Å²) in [5.41, 5.74) is 0.260. The summed E-state index contributed by atoms with van der Waals surface area (Å²) in [4.78, 5) is 16.6. The van der Waals surface area contributed by atoms with Crippen LogP contribution in [0.1, 0.15) is 21.6 Å². The van der Waals surface area contributed by atoms with Crippen molar-refractivity contribution in [3.63, 3.8) is 0 Å². The van der Waals surface area contributed by atoms with Gasteiger partial charge >= 0.3 is 6.18 Å². The van der Waals surface area contributed by atoms with Crippen LogP contribution in [0.15, 0.2) is 48.5 Å². The first kappa shape index (κ1) is 23.2. The molecule has 32 heavy (non-hydrogen) atoms. The number of amides is 1. The first-order chi connectivity index (χ1) is 15.1. The molecule has 168 valence electrons. The molecular weight excluding hydrogens is 447 g/mol. The van der Waals surface area contributed by atoms with E-state index in [9.17, 15) is 18.0 Å². The van der Waals surface area contributed by atoms with Crippen LogP contribution >= 0.6 is 11.6 Å². The van der Waals surface area contributed by atoms with Gasteiger partial charge in [-0.05, 0) is 48.9 Å². The molecule has 0 radical (unpaired) electrons. The number of anilines is 3. The van der Waals surface area contributed by atoms with Crippen molar-refractivity contribution in [3.8, 4) is 11.5 Å². The van der Waals surface area contributed by atoms with E-state index in [2.05, 4.69) is 15.6 Å². The van der Waals surface area contributed by atoms with Crippen molar-refractivity contribution in [2.24, 2.45) is 0 Å². The summed E-state index contributed by atoms with van der Waals surface area (Å²) >= 11 is 6.01. The maximum atomic E-state index is 13.2. The Balaban J connectivity index is 1.99. The third-order valence-corrected chi connectivity index (χ3v) is 4.76. The normalized spacial score (nSPS) is 11.1. The second kappa shape index (κ2) is 9.35. The molecule has 0 saturated carbocycles. The lowest BCUT2D eigenvalue weighted by atomic mass is 10.1. The van der Waals surface area contributed by atoms with E-state index in [4.69, 9.17) is 21.1 Å². The van der Waals surface area contributed by atoms with Gasteiger partial charge in [0.15, 0.2) is 11.5 Å². The molecule has 6 nitrogen and oxygen atoms in total. The number of carbonyl (C=O) groups is 1. The van der Waals surface area contributed by atoms with Crippen molar-refractivity contribution in [1.82, 2.24) is 4.98 Å². The van der Waals surface area contributed by atoms with Gasteiger partial charge in [-0.1, -0.05) is 17.7 Å². The fourth-order valence-electron chi connectivity index (χ4n) is 2.86. The van der Waals surface area contributed by atoms with E-state index in [1.54, 1.807) is 31.2 Å². The lowest BCUT2D eigenvalue weighted by Crippen LogP contribution is -2.17. The highest BCUT2D eigenvalue weighted by atomic mass is 35.5. The molecule has 3 rings (SSSR count). The SMILES string of the molecule is COc1ccc(NC(=O)c2ccc(C(F)(F)F)nc2Nc2cc(Cl)ccc2C)cc1OC. The zero-order valence-electron chi connectivity index (χ0n) is 17.3. The highest BCUT2D eigenvalue weighted by molar-refractivity contribution is 6.30.